The van der Waals surface area contributed by atoms with Gasteiger partial charge in [0.25, 0.3) is 0 Å². The van der Waals surface area contributed by atoms with Crippen LogP contribution >= 0.6 is 0 Å². The molecule has 4 N–H and O–H groups in total. The molecule has 1 aromatic rings. The number of benzene rings is 1. The predicted octanol–water partition coefficient (Wildman–Crippen LogP) is 0.400. The highest BCUT2D eigenvalue weighted by Crippen LogP contribution is 2.04. The number of carbonyl (C=O) groups excluding carboxylic acids is 2. The molecule has 0 spiro atoms. The second-order valence-corrected chi connectivity index (χ2v) is 4.39. The average molecular weight is 249 g/mol. The lowest BCUT2D eigenvalue weighted by Crippen LogP contribution is -2.37. The zero-order valence-corrected chi connectivity index (χ0v) is 10.7. The third kappa shape index (κ3) is 4.97. The Hall–Kier alpha value is -1.88. The third-order valence-corrected chi connectivity index (χ3v) is 2.28. The van der Waals surface area contributed by atoms with Crippen LogP contribution in [0, 0.1) is 0 Å². The number of primary amides is 1. The summed E-state index contributed by atoms with van der Waals surface area (Å²) in [6.07, 6.45) is 0. The van der Waals surface area contributed by atoms with E-state index < -0.39 is 5.91 Å². The number of amides is 2. The van der Waals surface area contributed by atoms with Crippen molar-refractivity contribution >= 4 is 11.8 Å². The van der Waals surface area contributed by atoms with E-state index in [1.165, 1.54) is 0 Å². The van der Waals surface area contributed by atoms with Crippen LogP contribution in [0.5, 0.6) is 0 Å². The van der Waals surface area contributed by atoms with Crippen LogP contribution in [-0.4, -0.2) is 24.4 Å². The minimum absolute atomic E-state index is 0.0453. The first-order valence-electron chi connectivity index (χ1n) is 5.88. The number of hydrogen-bond acceptors (Lipinski definition) is 3. The van der Waals surface area contributed by atoms with Crippen LogP contribution in [0.15, 0.2) is 24.3 Å². The van der Waals surface area contributed by atoms with Crippen molar-refractivity contribution in [1.82, 2.24) is 10.6 Å². The monoisotopic (exact) mass is 249 g/mol. The molecule has 0 saturated carbocycles. The molecule has 5 nitrogen and oxygen atoms in total. The Morgan fingerprint density at radius 3 is 2.67 bits per heavy atom. The number of nitrogens with one attached hydrogen (secondary N) is 2. The molecule has 0 aliphatic carbocycles. The molecular formula is C13H19N3O2. The maximum absolute atomic E-state index is 11.4. The summed E-state index contributed by atoms with van der Waals surface area (Å²) < 4.78 is 0. The van der Waals surface area contributed by atoms with E-state index in [1.54, 1.807) is 18.2 Å². The van der Waals surface area contributed by atoms with Crippen LogP contribution in [0.1, 0.15) is 29.8 Å². The normalized spacial score (nSPS) is 10.4. The van der Waals surface area contributed by atoms with Crippen molar-refractivity contribution in [3.63, 3.8) is 0 Å². The zero-order chi connectivity index (χ0) is 13.5. The highest BCUT2D eigenvalue weighted by Gasteiger charge is 2.04. The lowest BCUT2D eigenvalue weighted by Gasteiger charge is -2.09. The van der Waals surface area contributed by atoms with Gasteiger partial charge < -0.3 is 16.4 Å². The lowest BCUT2D eigenvalue weighted by molar-refractivity contribution is -0.120. The number of nitrogens with two attached hydrogens (primary N) is 1. The molecule has 0 unspecified atom stereocenters. The fourth-order valence-corrected chi connectivity index (χ4v) is 1.53. The molecule has 98 valence electrons. The Balaban J connectivity index is 2.42. The summed E-state index contributed by atoms with van der Waals surface area (Å²) in [6, 6.07) is 7.16. The van der Waals surface area contributed by atoms with E-state index >= 15 is 0 Å². The molecule has 0 fully saturated rings. The number of carbonyl (C=O) groups is 2. The Bertz CT molecular complexity index is 430. The Morgan fingerprint density at radius 2 is 2.06 bits per heavy atom. The molecule has 0 aliphatic heterocycles. The van der Waals surface area contributed by atoms with Crippen molar-refractivity contribution in [2.45, 2.75) is 26.4 Å². The van der Waals surface area contributed by atoms with Crippen molar-refractivity contribution < 1.29 is 9.59 Å². The van der Waals surface area contributed by atoms with Gasteiger partial charge in [0.05, 0.1) is 6.54 Å². The van der Waals surface area contributed by atoms with E-state index in [1.807, 2.05) is 19.9 Å². The standard InChI is InChI=1S/C13H19N3O2/c1-9(2)16-12(17)8-15-7-10-4-3-5-11(6-10)13(14)18/h3-6,9,15H,7-8H2,1-2H3,(H2,14,18)(H,16,17). The van der Waals surface area contributed by atoms with Gasteiger partial charge in [-0.05, 0) is 31.5 Å². The van der Waals surface area contributed by atoms with Gasteiger partial charge in [-0.25, -0.2) is 0 Å². The van der Waals surface area contributed by atoms with Crippen LogP contribution in [0.4, 0.5) is 0 Å². The van der Waals surface area contributed by atoms with Gasteiger partial charge in [0.2, 0.25) is 11.8 Å². The zero-order valence-electron chi connectivity index (χ0n) is 10.7. The topological polar surface area (TPSA) is 84.2 Å². The molecule has 1 aromatic carbocycles. The Kier molecular flexibility index (Phi) is 5.32. The van der Waals surface area contributed by atoms with Crippen LogP contribution < -0.4 is 16.4 Å². The molecule has 0 saturated heterocycles. The first kappa shape index (κ1) is 14.2. The minimum Gasteiger partial charge on any atom is -0.366 e. The molecule has 2 amide bonds. The van der Waals surface area contributed by atoms with E-state index in [9.17, 15) is 9.59 Å². The van der Waals surface area contributed by atoms with E-state index in [0.29, 0.717) is 12.1 Å². The summed E-state index contributed by atoms with van der Waals surface area (Å²) in [4.78, 5) is 22.4. The second-order valence-electron chi connectivity index (χ2n) is 4.39. The first-order valence-corrected chi connectivity index (χ1v) is 5.88. The molecule has 0 radical (unpaired) electrons. The van der Waals surface area contributed by atoms with E-state index in [-0.39, 0.29) is 18.5 Å². The van der Waals surface area contributed by atoms with Crippen molar-refractivity contribution in [3.8, 4) is 0 Å². The highest BCUT2D eigenvalue weighted by molar-refractivity contribution is 5.92. The average Bonchev–Trinajstić information content (AvgIpc) is 2.28. The lowest BCUT2D eigenvalue weighted by atomic mass is 10.1. The SMILES string of the molecule is CC(C)NC(=O)CNCc1cccc(C(N)=O)c1. The second kappa shape index (κ2) is 6.76. The molecule has 1 rings (SSSR count). The Morgan fingerprint density at radius 1 is 1.33 bits per heavy atom. The van der Waals surface area contributed by atoms with Crippen molar-refractivity contribution in [1.29, 1.82) is 0 Å². The highest BCUT2D eigenvalue weighted by atomic mass is 16.2. The molecule has 0 bridgehead atoms. The van der Waals surface area contributed by atoms with Gasteiger partial charge in [0.1, 0.15) is 0 Å². The molecule has 0 aliphatic rings. The number of hydrogen-bond donors (Lipinski definition) is 3. The molecule has 0 atom stereocenters. The molecule has 18 heavy (non-hydrogen) atoms. The van der Waals surface area contributed by atoms with Crippen LogP contribution in [0.3, 0.4) is 0 Å². The molecule has 5 heteroatoms. The van der Waals surface area contributed by atoms with Gasteiger partial charge in [-0.3, -0.25) is 9.59 Å². The van der Waals surface area contributed by atoms with Crippen LogP contribution in [0.25, 0.3) is 0 Å². The van der Waals surface area contributed by atoms with Crippen molar-refractivity contribution in [2.24, 2.45) is 5.73 Å². The van der Waals surface area contributed by atoms with E-state index in [0.717, 1.165) is 5.56 Å². The summed E-state index contributed by atoms with van der Waals surface area (Å²) >= 11 is 0. The summed E-state index contributed by atoms with van der Waals surface area (Å²) in [5.41, 5.74) is 6.58. The largest absolute Gasteiger partial charge is 0.366 e. The summed E-state index contributed by atoms with van der Waals surface area (Å²) in [5, 5.41) is 5.79. The van der Waals surface area contributed by atoms with Gasteiger partial charge in [-0.1, -0.05) is 12.1 Å². The number of rotatable bonds is 6. The van der Waals surface area contributed by atoms with Crippen molar-refractivity contribution in [3.05, 3.63) is 35.4 Å². The van der Waals surface area contributed by atoms with Gasteiger partial charge in [0.15, 0.2) is 0 Å². The first-order chi connectivity index (χ1) is 8.49. The van der Waals surface area contributed by atoms with Crippen LogP contribution in [0.2, 0.25) is 0 Å². The molecule has 0 heterocycles. The third-order valence-electron chi connectivity index (χ3n) is 2.28. The van der Waals surface area contributed by atoms with Crippen molar-refractivity contribution in [2.75, 3.05) is 6.54 Å². The van der Waals surface area contributed by atoms with Gasteiger partial charge in [-0.15, -0.1) is 0 Å². The van der Waals surface area contributed by atoms with E-state index in [2.05, 4.69) is 10.6 Å². The predicted molar refractivity (Wildman–Crippen MR) is 69.9 cm³/mol. The van der Waals surface area contributed by atoms with Gasteiger partial charge in [-0.2, -0.15) is 0 Å². The molecule has 0 aromatic heterocycles. The maximum Gasteiger partial charge on any atom is 0.248 e. The fourth-order valence-electron chi connectivity index (χ4n) is 1.53. The van der Waals surface area contributed by atoms with E-state index in [4.69, 9.17) is 5.73 Å². The van der Waals surface area contributed by atoms with Gasteiger partial charge in [0, 0.05) is 18.2 Å². The smallest absolute Gasteiger partial charge is 0.248 e. The minimum atomic E-state index is -0.450. The molecular weight excluding hydrogens is 230 g/mol. The van der Waals surface area contributed by atoms with Crippen LogP contribution in [-0.2, 0) is 11.3 Å². The summed E-state index contributed by atoms with van der Waals surface area (Å²) in [5.74, 6) is -0.495. The van der Waals surface area contributed by atoms with Gasteiger partial charge >= 0.3 is 0 Å². The Labute approximate surface area is 107 Å². The fraction of sp³-hybridized carbons (Fsp3) is 0.385. The maximum atomic E-state index is 11.4. The quantitative estimate of drug-likeness (QED) is 0.682. The summed E-state index contributed by atoms with van der Waals surface area (Å²) in [6.45, 7) is 4.59. The summed E-state index contributed by atoms with van der Waals surface area (Å²) in [7, 11) is 0.